The van der Waals surface area contributed by atoms with Gasteiger partial charge in [0.1, 0.15) is 11.0 Å². The molecule has 154 valence electrons. The fourth-order valence-corrected chi connectivity index (χ4v) is 4.95. The van der Waals surface area contributed by atoms with E-state index in [1.807, 2.05) is 35.3 Å². The summed E-state index contributed by atoms with van der Waals surface area (Å²) in [6, 6.07) is 6.42. The van der Waals surface area contributed by atoms with Crippen LogP contribution in [-0.2, 0) is 4.79 Å². The minimum Gasteiger partial charge on any atom is -0.481 e. The van der Waals surface area contributed by atoms with Crippen LogP contribution in [0.15, 0.2) is 36.8 Å². The number of methoxy groups -OCH3 is 1. The summed E-state index contributed by atoms with van der Waals surface area (Å²) in [7, 11) is 1.60. The molecule has 30 heavy (non-hydrogen) atoms. The Morgan fingerprint density at radius 3 is 2.57 bits per heavy atom. The van der Waals surface area contributed by atoms with Crippen LogP contribution >= 0.6 is 0 Å². The number of ether oxygens (including phenoxy) is 1. The molecule has 0 spiro atoms. The summed E-state index contributed by atoms with van der Waals surface area (Å²) < 4.78 is 7.07. The summed E-state index contributed by atoms with van der Waals surface area (Å²) >= 11 is 0. The van der Waals surface area contributed by atoms with Gasteiger partial charge in [0, 0.05) is 49.6 Å². The van der Waals surface area contributed by atoms with E-state index in [4.69, 9.17) is 9.84 Å². The van der Waals surface area contributed by atoms with E-state index in [9.17, 15) is 4.79 Å². The van der Waals surface area contributed by atoms with Gasteiger partial charge in [-0.25, -0.2) is 9.67 Å². The fraction of sp³-hybridized carbons (Fsp3) is 0.455. The molecule has 0 radical (unpaired) electrons. The van der Waals surface area contributed by atoms with Crippen molar-refractivity contribution >= 4 is 22.6 Å². The molecule has 1 saturated carbocycles. The van der Waals surface area contributed by atoms with Crippen LogP contribution in [-0.4, -0.2) is 62.8 Å². The van der Waals surface area contributed by atoms with Crippen LogP contribution in [0.25, 0.3) is 16.7 Å². The monoisotopic (exact) mass is 404 g/mol. The van der Waals surface area contributed by atoms with Crippen molar-refractivity contribution in [3.05, 3.63) is 36.8 Å². The highest BCUT2D eigenvalue weighted by molar-refractivity contribution is 5.88. The number of anilines is 1. The first kappa shape index (κ1) is 17.7. The Morgan fingerprint density at radius 2 is 1.83 bits per heavy atom. The molecule has 3 aromatic heterocycles. The molecule has 8 heteroatoms. The van der Waals surface area contributed by atoms with Crippen molar-refractivity contribution in [3.8, 4) is 11.6 Å². The second-order valence-electron chi connectivity index (χ2n) is 8.50. The van der Waals surface area contributed by atoms with E-state index >= 15 is 0 Å². The SMILES string of the molecule is COc1cc(-n2cc3nccc(N4CC5CCC(C4)N5C(=O)C4CC4)c3n2)ccn1. The fourth-order valence-electron chi connectivity index (χ4n) is 4.95. The molecule has 3 aromatic rings. The van der Waals surface area contributed by atoms with E-state index in [1.165, 1.54) is 0 Å². The topological polar surface area (TPSA) is 76.4 Å². The van der Waals surface area contributed by atoms with E-state index in [2.05, 4.69) is 19.8 Å². The third-order valence-electron chi connectivity index (χ3n) is 6.58. The van der Waals surface area contributed by atoms with Crippen LogP contribution in [0.3, 0.4) is 0 Å². The molecule has 0 N–H and O–H groups in total. The average molecular weight is 404 g/mol. The maximum atomic E-state index is 12.8. The van der Waals surface area contributed by atoms with Crippen LogP contribution in [0.4, 0.5) is 5.69 Å². The Labute approximate surface area is 174 Å². The number of pyridine rings is 2. The van der Waals surface area contributed by atoms with Crippen molar-refractivity contribution in [1.29, 1.82) is 0 Å². The summed E-state index contributed by atoms with van der Waals surface area (Å²) in [6.07, 6.45) is 9.83. The highest BCUT2D eigenvalue weighted by atomic mass is 16.5. The highest BCUT2D eigenvalue weighted by Crippen LogP contribution is 2.39. The molecular weight excluding hydrogens is 380 g/mol. The number of carbonyl (C=O) groups is 1. The van der Waals surface area contributed by atoms with Crippen LogP contribution in [0.5, 0.6) is 5.88 Å². The number of carbonyl (C=O) groups excluding carboxylic acids is 1. The predicted molar refractivity (Wildman–Crippen MR) is 112 cm³/mol. The summed E-state index contributed by atoms with van der Waals surface area (Å²) in [6.45, 7) is 1.73. The van der Waals surface area contributed by atoms with Crippen LogP contribution in [0.1, 0.15) is 25.7 Å². The van der Waals surface area contributed by atoms with E-state index in [0.29, 0.717) is 29.8 Å². The lowest BCUT2D eigenvalue weighted by molar-refractivity contribution is -0.135. The molecule has 5 heterocycles. The minimum atomic E-state index is 0.292. The molecule has 3 aliphatic rings. The maximum Gasteiger partial charge on any atom is 0.226 e. The largest absolute Gasteiger partial charge is 0.481 e. The van der Waals surface area contributed by atoms with Gasteiger partial charge in [0.15, 0.2) is 0 Å². The molecule has 8 nitrogen and oxygen atoms in total. The zero-order chi connectivity index (χ0) is 20.2. The van der Waals surface area contributed by atoms with Crippen molar-refractivity contribution in [2.24, 2.45) is 5.92 Å². The van der Waals surface area contributed by atoms with Crippen LogP contribution in [0, 0.1) is 5.92 Å². The molecule has 2 atom stereocenters. The quantitative estimate of drug-likeness (QED) is 0.665. The van der Waals surface area contributed by atoms with Gasteiger partial charge >= 0.3 is 0 Å². The van der Waals surface area contributed by atoms with Gasteiger partial charge in [-0.1, -0.05) is 0 Å². The van der Waals surface area contributed by atoms with Crippen LogP contribution < -0.4 is 9.64 Å². The number of piperazine rings is 1. The average Bonchev–Trinajstić information content (AvgIpc) is 3.48. The predicted octanol–water partition coefficient (Wildman–Crippen LogP) is 2.41. The van der Waals surface area contributed by atoms with Crippen molar-refractivity contribution < 1.29 is 9.53 Å². The van der Waals surface area contributed by atoms with Gasteiger partial charge in [-0.3, -0.25) is 9.78 Å². The Bertz CT molecular complexity index is 1110. The van der Waals surface area contributed by atoms with Crippen LogP contribution in [0.2, 0.25) is 0 Å². The second kappa shape index (κ2) is 6.68. The van der Waals surface area contributed by atoms with Gasteiger partial charge in [-0.05, 0) is 37.8 Å². The first-order valence-corrected chi connectivity index (χ1v) is 10.6. The standard InChI is InChI=1S/C22H24N6O2/c1-30-20-10-15(6-8-24-20)27-13-18-21(25-27)19(7-9-23-18)26-11-16-4-5-17(12-26)28(16)22(29)14-2-3-14/h6-10,13-14,16-17H,2-5,11-12H2,1H3. The molecule has 2 bridgehead atoms. The van der Waals surface area contributed by atoms with Crippen molar-refractivity contribution in [2.75, 3.05) is 25.1 Å². The molecule has 1 aliphatic carbocycles. The molecule has 1 amide bonds. The van der Waals surface area contributed by atoms with E-state index in [1.54, 1.807) is 13.3 Å². The molecule has 6 rings (SSSR count). The summed E-state index contributed by atoms with van der Waals surface area (Å²) in [4.78, 5) is 26.1. The number of amides is 1. The van der Waals surface area contributed by atoms with Crippen molar-refractivity contribution in [3.63, 3.8) is 0 Å². The van der Waals surface area contributed by atoms with Crippen molar-refractivity contribution in [1.82, 2.24) is 24.6 Å². The Balaban J connectivity index is 1.32. The zero-order valence-electron chi connectivity index (χ0n) is 16.9. The molecule has 2 saturated heterocycles. The van der Waals surface area contributed by atoms with E-state index in [0.717, 1.165) is 61.2 Å². The third kappa shape index (κ3) is 2.81. The number of nitrogens with zero attached hydrogens (tertiary/aromatic N) is 6. The molecule has 2 aliphatic heterocycles. The number of fused-ring (bicyclic) bond motifs is 3. The van der Waals surface area contributed by atoms with E-state index in [-0.39, 0.29) is 0 Å². The number of aromatic nitrogens is 4. The van der Waals surface area contributed by atoms with Gasteiger partial charge in [0.25, 0.3) is 0 Å². The lowest BCUT2D eigenvalue weighted by atomic mass is 10.1. The summed E-state index contributed by atoms with van der Waals surface area (Å²) in [5.41, 5.74) is 3.71. The molecule has 0 aromatic carbocycles. The lowest BCUT2D eigenvalue weighted by Crippen LogP contribution is -2.56. The Morgan fingerprint density at radius 1 is 1.07 bits per heavy atom. The molecule has 3 fully saturated rings. The molecular formula is C22H24N6O2. The van der Waals surface area contributed by atoms with Crippen molar-refractivity contribution in [2.45, 2.75) is 37.8 Å². The second-order valence-corrected chi connectivity index (χ2v) is 8.50. The smallest absolute Gasteiger partial charge is 0.226 e. The summed E-state index contributed by atoms with van der Waals surface area (Å²) in [5.74, 6) is 1.23. The Hall–Kier alpha value is -3.16. The van der Waals surface area contributed by atoms with Gasteiger partial charge < -0.3 is 14.5 Å². The van der Waals surface area contributed by atoms with Gasteiger partial charge in [0.2, 0.25) is 11.8 Å². The summed E-state index contributed by atoms with van der Waals surface area (Å²) in [5, 5.41) is 4.84. The Kier molecular flexibility index (Phi) is 3.94. The van der Waals surface area contributed by atoms with E-state index < -0.39 is 0 Å². The minimum absolute atomic E-state index is 0.292. The third-order valence-corrected chi connectivity index (χ3v) is 6.58. The number of hydrogen-bond acceptors (Lipinski definition) is 6. The normalized spacial score (nSPS) is 23.2. The van der Waals surface area contributed by atoms with Gasteiger partial charge in [-0.15, -0.1) is 0 Å². The maximum absolute atomic E-state index is 12.8. The van der Waals surface area contributed by atoms with Gasteiger partial charge in [0.05, 0.1) is 24.7 Å². The first-order chi connectivity index (χ1) is 14.7. The zero-order valence-corrected chi connectivity index (χ0v) is 16.9. The first-order valence-electron chi connectivity index (χ1n) is 10.6. The highest BCUT2D eigenvalue weighted by Gasteiger charge is 2.46. The lowest BCUT2D eigenvalue weighted by Gasteiger charge is -2.42. The number of rotatable bonds is 4. The van der Waals surface area contributed by atoms with Gasteiger partial charge in [-0.2, -0.15) is 5.10 Å². The molecule has 2 unspecified atom stereocenters. The number of hydrogen-bond donors (Lipinski definition) is 0.